The number of hydrogen-bond donors (Lipinski definition) is 1. The molecular weight excluding hydrogens is 370 g/mol. The Morgan fingerprint density at radius 1 is 0.931 bits per heavy atom. The quantitative estimate of drug-likeness (QED) is 0.740. The minimum Gasteiger partial charge on any atom is -0.454 e. The van der Waals surface area contributed by atoms with Gasteiger partial charge < -0.3 is 19.7 Å². The summed E-state index contributed by atoms with van der Waals surface area (Å²) in [5.74, 6) is 1.36. The summed E-state index contributed by atoms with van der Waals surface area (Å²) in [5, 5.41) is 2.94. The lowest BCUT2D eigenvalue weighted by molar-refractivity contribution is 0.143. The smallest absolute Gasteiger partial charge is 0.321 e. The molecule has 0 saturated carbocycles. The van der Waals surface area contributed by atoms with Crippen LogP contribution >= 0.6 is 0 Å². The number of nitrogens with one attached hydrogen (secondary N) is 1. The van der Waals surface area contributed by atoms with Crippen molar-refractivity contribution in [3.05, 3.63) is 54.4 Å². The highest BCUT2D eigenvalue weighted by Crippen LogP contribution is 2.34. The summed E-state index contributed by atoms with van der Waals surface area (Å²) in [6, 6.07) is 11.5. The van der Waals surface area contributed by atoms with E-state index in [9.17, 15) is 4.79 Å². The van der Waals surface area contributed by atoms with Crippen LogP contribution in [-0.4, -0.2) is 58.8 Å². The zero-order valence-electron chi connectivity index (χ0n) is 15.9. The van der Waals surface area contributed by atoms with Crippen molar-refractivity contribution in [2.45, 2.75) is 6.54 Å². The van der Waals surface area contributed by atoms with Gasteiger partial charge in [-0.05, 0) is 29.8 Å². The summed E-state index contributed by atoms with van der Waals surface area (Å²) in [6.07, 6.45) is 3.42. The molecule has 2 aliphatic rings. The van der Waals surface area contributed by atoms with Gasteiger partial charge in [-0.2, -0.15) is 0 Å². The van der Waals surface area contributed by atoms with E-state index in [-0.39, 0.29) is 12.8 Å². The van der Waals surface area contributed by atoms with E-state index in [2.05, 4.69) is 32.3 Å². The fourth-order valence-corrected chi connectivity index (χ4v) is 3.65. The molecule has 1 fully saturated rings. The van der Waals surface area contributed by atoms with Crippen molar-refractivity contribution in [3.63, 3.8) is 0 Å². The molecule has 0 unspecified atom stereocenters. The number of fused-ring (bicyclic) bond motifs is 2. The largest absolute Gasteiger partial charge is 0.454 e. The minimum absolute atomic E-state index is 0.0931. The van der Waals surface area contributed by atoms with Crippen molar-refractivity contribution in [2.75, 3.05) is 38.3 Å². The summed E-state index contributed by atoms with van der Waals surface area (Å²) in [5.41, 5.74) is 3.73. The van der Waals surface area contributed by atoms with E-state index in [0.717, 1.165) is 30.7 Å². The molecule has 3 aromatic rings. The molecule has 8 heteroatoms. The van der Waals surface area contributed by atoms with E-state index in [4.69, 9.17) is 9.47 Å². The van der Waals surface area contributed by atoms with Gasteiger partial charge in [0.15, 0.2) is 11.5 Å². The van der Waals surface area contributed by atoms with Crippen LogP contribution in [0.3, 0.4) is 0 Å². The molecule has 1 N–H and O–H groups in total. The average Bonchev–Trinajstić information content (AvgIpc) is 3.22. The topological polar surface area (TPSA) is 79.8 Å². The second-order valence-corrected chi connectivity index (χ2v) is 7.14. The van der Waals surface area contributed by atoms with Gasteiger partial charge in [-0.1, -0.05) is 6.07 Å². The van der Waals surface area contributed by atoms with Gasteiger partial charge in [-0.3, -0.25) is 14.9 Å². The number of aromatic nitrogens is 2. The first-order valence-corrected chi connectivity index (χ1v) is 9.62. The molecule has 148 valence electrons. The summed E-state index contributed by atoms with van der Waals surface area (Å²) < 4.78 is 10.7. The molecule has 0 aliphatic carbocycles. The Morgan fingerprint density at radius 3 is 2.59 bits per heavy atom. The maximum absolute atomic E-state index is 12.6. The number of rotatable bonds is 3. The average molecular weight is 391 g/mol. The van der Waals surface area contributed by atoms with Crippen molar-refractivity contribution in [1.29, 1.82) is 0 Å². The molecule has 29 heavy (non-hydrogen) atoms. The van der Waals surface area contributed by atoms with Gasteiger partial charge in [0, 0.05) is 56.9 Å². The van der Waals surface area contributed by atoms with Crippen molar-refractivity contribution < 1.29 is 14.3 Å². The second-order valence-electron chi connectivity index (χ2n) is 7.14. The molecule has 2 amide bonds. The Balaban J connectivity index is 1.16. The van der Waals surface area contributed by atoms with Crippen LogP contribution in [-0.2, 0) is 6.54 Å². The van der Waals surface area contributed by atoms with Crippen molar-refractivity contribution in [2.24, 2.45) is 0 Å². The molecule has 2 aliphatic heterocycles. The zero-order valence-corrected chi connectivity index (χ0v) is 15.9. The highest BCUT2D eigenvalue weighted by molar-refractivity contribution is 5.89. The molecule has 1 aromatic heterocycles. The number of anilines is 1. The van der Waals surface area contributed by atoms with Gasteiger partial charge >= 0.3 is 6.03 Å². The number of hydrogen-bond acceptors (Lipinski definition) is 6. The Kier molecular flexibility index (Phi) is 4.61. The number of amides is 2. The first-order valence-electron chi connectivity index (χ1n) is 9.62. The lowest BCUT2D eigenvalue weighted by atomic mass is 10.1. The fourth-order valence-electron chi connectivity index (χ4n) is 3.65. The molecule has 8 nitrogen and oxygen atoms in total. The Labute approximate surface area is 168 Å². The lowest BCUT2D eigenvalue weighted by Gasteiger charge is -2.34. The van der Waals surface area contributed by atoms with E-state index < -0.39 is 0 Å². The summed E-state index contributed by atoms with van der Waals surface area (Å²) in [4.78, 5) is 25.5. The van der Waals surface area contributed by atoms with Gasteiger partial charge in [0.25, 0.3) is 0 Å². The molecule has 0 spiro atoms. The van der Waals surface area contributed by atoms with Gasteiger partial charge in [0.1, 0.15) is 0 Å². The van der Waals surface area contributed by atoms with Crippen LogP contribution in [0.15, 0.2) is 48.8 Å². The van der Waals surface area contributed by atoms with Gasteiger partial charge in [-0.15, -0.1) is 0 Å². The van der Waals surface area contributed by atoms with Crippen LogP contribution in [0.4, 0.5) is 10.5 Å². The summed E-state index contributed by atoms with van der Waals surface area (Å²) in [7, 11) is 0. The molecule has 0 radical (unpaired) electrons. The van der Waals surface area contributed by atoms with Crippen LogP contribution in [0, 0.1) is 0 Å². The molecule has 3 heterocycles. The first-order chi connectivity index (χ1) is 14.2. The normalized spacial score (nSPS) is 16.2. The molecular formula is C21H21N5O3. The Hall–Kier alpha value is -3.39. The van der Waals surface area contributed by atoms with E-state index >= 15 is 0 Å². The van der Waals surface area contributed by atoms with Crippen LogP contribution in [0.5, 0.6) is 11.5 Å². The van der Waals surface area contributed by atoms with E-state index in [1.54, 1.807) is 18.5 Å². The van der Waals surface area contributed by atoms with Crippen LogP contribution in [0.25, 0.3) is 11.0 Å². The highest BCUT2D eigenvalue weighted by atomic mass is 16.7. The van der Waals surface area contributed by atoms with Crippen LogP contribution in [0.1, 0.15) is 5.56 Å². The molecule has 1 saturated heterocycles. The Bertz CT molecular complexity index is 1050. The fraction of sp³-hybridized carbons (Fsp3) is 0.286. The molecule has 0 bridgehead atoms. The van der Waals surface area contributed by atoms with Crippen LogP contribution < -0.4 is 14.8 Å². The summed E-state index contributed by atoms with van der Waals surface area (Å²) in [6.45, 7) is 4.08. The van der Waals surface area contributed by atoms with Crippen molar-refractivity contribution in [3.8, 4) is 11.5 Å². The van der Waals surface area contributed by atoms with Gasteiger partial charge in [0.2, 0.25) is 6.79 Å². The minimum atomic E-state index is -0.0931. The third-order valence-corrected chi connectivity index (χ3v) is 5.22. The SMILES string of the molecule is O=C(Nc1ccc2c(c1)OCO2)N1CCN(Cc2ccc3nccnc3c2)CC1. The monoisotopic (exact) mass is 391 g/mol. The van der Waals surface area contributed by atoms with Crippen molar-refractivity contribution in [1.82, 2.24) is 19.8 Å². The van der Waals surface area contributed by atoms with E-state index in [1.807, 2.05) is 23.1 Å². The number of benzene rings is 2. The number of carbonyl (C=O) groups excluding carboxylic acids is 1. The van der Waals surface area contributed by atoms with Crippen LogP contribution in [0.2, 0.25) is 0 Å². The second kappa shape index (κ2) is 7.56. The third kappa shape index (κ3) is 3.79. The number of urea groups is 1. The molecule has 0 atom stereocenters. The number of piperazine rings is 1. The lowest BCUT2D eigenvalue weighted by Crippen LogP contribution is -2.49. The summed E-state index contributed by atoms with van der Waals surface area (Å²) >= 11 is 0. The molecule has 2 aromatic carbocycles. The van der Waals surface area contributed by atoms with Crippen molar-refractivity contribution >= 4 is 22.8 Å². The predicted octanol–water partition coefficient (Wildman–Crippen LogP) is 2.71. The van der Waals surface area contributed by atoms with E-state index in [0.29, 0.717) is 30.3 Å². The third-order valence-electron chi connectivity index (χ3n) is 5.22. The van der Waals surface area contributed by atoms with Gasteiger partial charge in [0.05, 0.1) is 11.0 Å². The number of nitrogens with zero attached hydrogens (tertiary/aromatic N) is 4. The van der Waals surface area contributed by atoms with E-state index in [1.165, 1.54) is 5.56 Å². The zero-order chi connectivity index (χ0) is 19.6. The van der Waals surface area contributed by atoms with Gasteiger partial charge in [-0.25, -0.2) is 4.79 Å². The highest BCUT2D eigenvalue weighted by Gasteiger charge is 2.22. The first kappa shape index (κ1) is 17.7. The standard InChI is InChI=1S/C21H21N5O3/c27-21(24-16-2-4-19-20(12-16)29-14-28-19)26-9-7-25(8-10-26)13-15-1-3-17-18(11-15)23-6-5-22-17/h1-6,11-12H,7-10,13-14H2,(H,24,27). The maximum Gasteiger partial charge on any atom is 0.321 e. The predicted molar refractivity (Wildman–Crippen MR) is 108 cm³/mol. The Morgan fingerprint density at radius 2 is 1.72 bits per heavy atom. The number of carbonyl (C=O) groups is 1. The number of ether oxygens (including phenoxy) is 2. The maximum atomic E-state index is 12.6. The molecule has 5 rings (SSSR count).